The number of hydrogen-bond donors (Lipinski definition) is 3. The number of nitrogens with two attached hydrogens (primary N) is 2. The minimum atomic E-state index is -0.595. The number of rotatable bonds is 1. The maximum absolute atomic E-state index is 10.6. The third-order valence-corrected chi connectivity index (χ3v) is 1.91. The Bertz CT molecular complexity index is 424. The molecule has 2 rings (SSSR count). The van der Waals surface area contributed by atoms with E-state index < -0.39 is 5.91 Å². The zero-order valence-electron chi connectivity index (χ0n) is 8.98. The van der Waals surface area contributed by atoms with Crippen molar-refractivity contribution in [2.45, 2.75) is 0 Å². The zero-order chi connectivity index (χ0) is 12.0. The summed E-state index contributed by atoms with van der Waals surface area (Å²) >= 11 is 0. The van der Waals surface area contributed by atoms with E-state index in [1.165, 1.54) is 12.2 Å². The van der Waals surface area contributed by atoms with Gasteiger partial charge in [0.1, 0.15) is 0 Å². The molecule has 0 spiro atoms. The van der Waals surface area contributed by atoms with E-state index >= 15 is 0 Å². The number of allylic oxidation sites excluding steroid dienone is 3. The van der Waals surface area contributed by atoms with Gasteiger partial charge in [0.05, 0.1) is 5.57 Å². The Hall–Kier alpha value is -1.84. The van der Waals surface area contributed by atoms with E-state index in [2.05, 4.69) is 0 Å². The Morgan fingerprint density at radius 2 is 1.82 bits per heavy atom. The van der Waals surface area contributed by atoms with Crippen molar-refractivity contribution in [2.75, 3.05) is 0 Å². The molecule has 1 aromatic rings. The van der Waals surface area contributed by atoms with Gasteiger partial charge >= 0.3 is 0 Å². The second-order valence-electron chi connectivity index (χ2n) is 3.06. The molecular formula is C12H13FeN2O2-. The molecule has 1 aromatic carbocycles. The molecule has 0 radical (unpaired) electrons. The summed E-state index contributed by atoms with van der Waals surface area (Å²) in [7, 11) is 0. The fourth-order valence-electron chi connectivity index (χ4n) is 1.18. The second kappa shape index (κ2) is 7.44. The smallest absolute Gasteiger partial charge is 0.249 e. The van der Waals surface area contributed by atoms with Gasteiger partial charge in [0.2, 0.25) is 5.91 Å². The van der Waals surface area contributed by atoms with E-state index in [9.17, 15) is 4.79 Å². The molecule has 0 saturated carbocycles. The molecule has 0 aliphatic heterocycles. The Labute approximate surface area is 110 Å². The van der Waals surface area contributed by atoms with Crippen molar-refractivity contribution in [1.82, 2.24) is 0 Å². The van der Waals surface area contributed by atoms with Crippen LogP contribution in [0.25, 0.3) is 0 Å². The van der Waals surface area contributed by atoms with E-state index in [0.29, 0.717) is 0 Å². The van der Waals surface area contributed by atoms with Crippen LogP contribution < -0.4 is 11.5 Å². The number of carbonyl (C=O) groups excluding carboxylic acids is 1. The van der Waals surface area contributed by atoms with Crippen molar-refractivity contribution in [3.05, 3.63) is 65.6 Å². The van der Waals surface area contributed by atoms with Crippen molar-refractivity contribution in [2.24, 2.45) is 11.5 Å². The molecule has 1 aliphatic carbocycles. The quantitative estimate of drug-likeness (QED) is 0.406. The van der Waals surface area contributed by atoms with Gasteiger partial charge in [-0.05, 0) is 12.2 Å². The molecule has 0 saturated heterocycles. The average molecular weight is 273 g/mol. The van der Waals surface area contributed by atoms with Crippen LogP contribution in [0.1, 0.15) is 0 Å². The molecule has 17 heavy (non-hydrogen) atoms. The van der Waals surface area contributed by atoms with E-state index in [1.807, 2.05) is 30.3 Å². The Morgan fingerprint density at radius 3 is 2.12 bits per heavy atom. The molecule has 0 aromatic heterocycles. The van der Waals surface area contributed by atoms with Crippen molar-refractivity contribution in [3.63, 3.8) is 0 Å². The monoisotopic (exact) mass is 273 g/mol. The molecule has 5 heteroatoms. The summed E-state index contributed by atoms with van der Waals surface area (Å²) in [6, 6.07) is 10.0. The molecular weight excluding hydrogens is 260 g/mol. The topological polar surface area (TPSA) is 89.3 Å². The Kier molecular flexibility index (Phi) is 6.63. The van der Waals surface area contributed by atoms with E-state index in [0.717, 1.165) is 0 Å². The molecule has 0 atom stereocenters. The summed E-state index contributed by atoms with van der Waals surface area (Å²) in [5.74, 6) is -0.981. The van der Waals surface area contributed by atoms with Gasteiger partial charge in [-0.25, -0.2) is 12.1 Å². The molecule has 0 fully saturated rings. The van der Waals surface area contributed by atoms with E-state index in [1.54, 1.807) is 6.08 Å². The van der Waals surface area contributed by atoms with Crippen molar-refractivity contribution in [3.8, 4) is 0 Å². The normalized spacial score (nSPS) is 15.2. The van der Waals surface area contributed by atoms with Gasteiger partial charge in [-0.2, -0.15) is 18.2 Å². The van der Waals surface area contributed by atoms with Gasteiger partial charge in [-0.1, -0.05) is 6.08 Å². The van der Waals surface area contributed by atoms with Gasteiger partial charge in [-0.3, -0.25) is 4.79 Å². The third-order valence-electron chi connectivity index (χ3n) is 1.91. The molecule has 1 amide bonds. The molecule has 92 valence electrons. The molecule has 4 nitrogen and oxygen atoms in total. The van der Waals surface area contributed by atoms with Crippen LogP contribution in [0.15, 0.2) is 65.6 Å². The number of carbonyl (C=O) groups is 1. The minimum absolute atomic E-state index is 0. The molecule has 0 unspecified atom stereocenters. The van der Waals surface area contributed by atoms with Crippen LogP contribution in [-0.2, 0) is 21.9 Å². The summed E-state index contributed by atoms with van der Waals surface area (Å²) < 4.78 is 0. The number of primary amides is 1. The summed E-state index contributed by atoms with van der Waals surface area (Å²) in [6.45, 7) is 0. The van der Waals surface area contributed by atoms with Crippen molar-refractivity contribution in [1.29, 1.82) is 0 Å². The van der Waals surface area contributed by atoms with Gasteiger partial charge in [0.25, 0.3) is 0 Å². The zero-order valence-corrected chi connectivity index (χ0v) is 10.1. The fraction of sp³-hybridized carbons (Fsp3) is 0. The van der Waals surface area contributed by atoms with E-state index in [4.69, 9.17) is 16.6 Å². The summed E-state index contributed by atoms with van der Waals surface area (Å²) in [6.07, 6.45) is 4.62. The fourth-order valence-corrected chi connectivity index (χ4v) is 1.18. The Balaban J connectivity index is 0.000000360. The molecule has 0 heterocycles. The second-order valence-corrected chi connectivity index (χ2v) is 3.06. The summed E-state index contributed by atoms with van der Waals surface area (Å²) in [5, 5.41) is 8.83. The first kappa shape index (κ1) is 15.2. The molecule has 0 bridgehead atoms. The Morgan fingerprint density at radius 1 is 1.24 bits per heavy atom. The minimum Gasteiger partial charge on any atom is -0.495 e. The number of aliphatic hydroxyl groups is 1. The predicted molar refractivity (Wildman–Crippen MR) is 62.3 cm³/mol. The third kappa shape index (κ3) is 4.68. The first-order chi connectivity index (χ1) is 7.63. The van der Waals surface area contributed by atoms with Crippen molar-refractivity contribution < 1.29 is 27.0 Å². The maximum Gasteiger partial charge on any atom is 0.249 e. The number of hydrogen-bond acceptors (Lipinski definition) is 3. The van der Waals surface area contributed by atoms with E-state index in [-0.39, 0.29) is 34.1 Å². The maximum atomic E-state index is 10.6. The average Bonchev–Trinajstić information content (AvgIpc) is 2.92. The van der Waals surface area contributed by atoms with Crippen LogP contribution >= 0.6 is 0 Å². The summed E-state index contributed by atoms with van der Waals surface area (Å²) in [5.41, 5.74) is 10.6. The molecule has 5 N–H and O–H groups in total. The SMILES string of the molecule is NC(=O)C1=CC=C/C1=C(\N)O.[Fe].c1cc[cH-]c1. The van der Waals surface area contributed by atoms with Gasteiger partial charge < -0.3 is 16.6 Å². The van der Waals surface area contributed by atoms with Crippen LogP contribution in [-0.4, -0.2) is 11.0 Å². The van der Waals surface area contributed by atoms with Gasteiger partial charge in [0, 0.05) is 22.6 Å². The number of amides is 1. The van der Waals surface area contributed by atoms with Crippen LogP contribution in [0.4, 0.5) is 0 Å². The first-order valence-electron chi connectivity index (χ1n) is 4.67. The largest absolute Gasteiger partial charge is 0.495 e. The van der Waals surface area contributed by atoms with Gasteiger partial charge in [-0.15, -0.1) is 0 Å². The van der Waals surface area contributed by atoms with Crippen LogP contribution in [0.2, 0.25) is 0 Å². The standard InChI is InChI=1S/C7H8N2O2.C5H5.Fe/c8-6(10)4-2-1-3-5(4)7(9)11;1-2-4-5-3-1;/h1-3,10H,8H2,(H2,9,11);1-5H;/q;-1;/b6-4-;;. The van der Waals surface area contributed by atoms with Crippen LogP contribution in [0.3, 0.4) is 0 Å². The summed E-state index contributed by atoms with van der Waals surface area (Å²) in [4.78, 5) is 10.6. The van der Waals surface area contributed by atoms with Crippen LogP contribution in [0.5, 0.6) is 0 Å². The van der Waals surface area contributed by atoms with Gasteiger partial charge in [0.15, 0.2) is 5.88 Å². The number of aliphatic hydroxyl groups excluding tert-OH is 1. The van der Waals surface area contributed by atoms with Crippen LogP contribution in [0, 0.1) is 0 Å². The first-order valence-corrected chi connectivity index (χ1v) is 4.67. The molecule has 1 aliphatic rings. The predicted octanol–water partition coefficient (Wildman–Crippen LogP) is 1.10. The van der Waals surface area contributed by atoms with Crippen molar-refractivity contribution >= 4 is 5.91 Å².